The van der Waals surface area contributed by atoms with Gasteiger partial charge in [-0.1, -0.05) is 42.0 Å². The van der Waals surface area contributed by atoms with Gasteiger partial charge in [0.2, 0.25) is 0 Å². The van der Waals surface area contributed by atoms with Crippen molar-refractivity contribution in [2.24, 2.45) is 0 Å². The summed E-state index contributed by atoms with van der Waals surface area (Å²) in [5, 5.41) is 0. The van der Waals surface area contributed by atoms with Crippen LogP contribution in [0.15, 0.2) is 42.0 Å². The molecular formula is C12H14O. The van der Waals surface area contributed by atoms with Gasteiger partial charge in [-0.15, -0.1) is 0 Å². The van der Waals surface area contributed by atoms with Crippen molar-refractivity contribution in [1.82, 2.24) is 0 Å². The Morgan fingerprint density at radius 3 is 2.62 bits per heavy atom. The zero-order valence-corrected chi connectivity index (χ0v) is 7.86. The van der Waals surface area contributed by atoms with E-state index in [4.69, 9.17) is 4.74 Å². The van der Waals surface area contributed by atoms with Gasteiger partial charge in [0.1, 0.15) is 0 Å². The second kappa shape index (κ2) is 3.75. The largest absolute Gasteiger partial charge is 0.369 e. The summed E-state index contributed by atoms with van der Waals surface area (Å²) in [6.07, 6.45) is 3.54. The average Bonchev–Trinajstić information content (AvgIpc) is 2.20. The molecule has 1 aliphatic rings. The molecule has 0 bridgehead atoms. The maximum absolute atomic E-state index is 5.71. The molecule has 1 unspecified atom stereocenters. The van der Waals surface area contributed by atoms with Crippen molar-refractivity contribution in [3.8, 4) is 0 Å². The quantitative estimate of drug-likeness (QED) is 0.594. The average molecular weight is 174 g/mol. The monoisotopic (exact) mass is 174 g/mol. The van der Waals surface area contributed by atoms with E-state index in [1.165, 1.54) is 11.1 Å². The number of ether oxygens (including phenoxy) is 1. The van der Waals surface area contributed by atoms with Crippen LogP contribution in [0.2, 0.25) is 0 Å². The Hall–Kier alpha value is -1.08. The van der Waals surface area contributed by atoms with Crippen LogP contribution in [-0.2, 0) is 4.74 Å². The summed E-state index contributed by atoms with van der Waals surface area (Å²) in [6, 6.07) is 10.4. The first-order chi connectivity index (χ1) is 6.36. The summed E-state index contributed by atoms with van der Waals surface area (Å²) in [4.78, 5) is 0. The van der Waals surface area contributed by atoms with Crippen LogP contribution in [0.25, 0.3) is 0 Å². The lowest BCUT2D eigenvalue weighted by Crippen LogP contribution is -2.10. The molecule has 0 amide bonds. The highest BCUT2D eigenvalue weighted by atomic mass is 16.5. The zero-order valence-electron chi connectivity index (χ0n) is 7.86. The van der Waals surface area contributed by atoms with E-state index < -0.39 is 0 Å². The Morgan fingerprint density at radius 2 is 2.00 bits per heavy atom. The highest BCUT2D eigenvalue weighted by Crippen LogP contribution is 2.26. The van der Waals surface area contributed by atoms with Crippen LogP contribution in [-0.4, -0.2) is 6.61 Å². The molecule has 1 atom stereocenters. The molecule has 0 saturated heterocycles. The Morgan fingerprint density at radius 1 is 1.23 bits per heavy atom. The molecule has 0 aromatic heterocycles. The van der Waals surface area contributed by atoms with Crippen molar-refractivity contribution in [1.29, 1.82) is 0 Å². The van der Waals surface area contributed by atoms with Gasteiger partial charge in [0, 0.05) is 0 Å². The molecule has 1 aliphatic heterocycles. The van der Waals surface area contributed by atoms with E-state index in [1.807, 2.05) is 6.07 Å². The van der Waals surface area contributed by atoms with Crippen molar-refractivity contribution < 1.29 is 4.74 Å². The minimum atomic E-state index is 0.268. The highest BCUT2D eigenvalue weighted by molar-refractivity contribution is 5.20. The molecule has 0 radical (unpaired) electrons. The van der Waals surface area contributed by atoms with Crippen LogP contribution in [0.5, 0.6) is 0 Å². The van der Waals surface area contributed by atoms with E-state index in [9.17, 15) is 0 Å². The van der Waals surface area contributed by atoms with Crippen LogP contribution in [0.3, 0.4) is 0 Å². The third kappa shape index (κ3) is 1.99. The summed E-state index contributed by atoms with van der Waals surface area (Å²) >= 11 is 0. The molecule has 0 fully saturated rings. The lowest BCUT2D eigenvalue weighted by molar-refractivity contribution is 0.0617. The molecule has 0 N–H and O–H groups in total. The Kier molecular flexibility index (Phi) is 2.46. The van der Waals surface area contributed by atoms with Crippen LogP contribution in [0.4, 0.5) is 0 Å². The second-order valence-corrected chi connectivity index (χ2v) is 3.50. The normalized spacial score (nSPS) is 22.5. The highest BCUT2D eigenvalue weighted by Gasteiger charge is 2.13. The van der Waals surface area contributed by atoms with Crippen molar-refractivity contribution in [3.63, 3.8) is 0 Å². The Labute approximate surface area is 79.0 Å². The molecule has 1 nitrogen and oxygen atoms in total. The van der Waals surface area contributed by atoms with E-state index in [2.05, 4.69) is 37.3 Å². The minimum absolute atomic E-state index is 0.268. The van der Waals surface area contributed by atoms with Crippen LogP contribution in [0.1, 0.15) is 25.0 Å². The van der Waals surface area contributed by atoms with E-state index >= 15 is 0 Å². The molecule has 68 valence electrons. The third-order valence-corrected chi connectivity index (χ3v) is 2.36. The second-order valence-electron chi connectivity index (χ2n) is 3.50. The van der Waals surface area contributed by atoms with Crippen molar-refractivity contribution in [3.05, 3.63) is 47.5 Å². The molecule has 2 rings (SSSR count). The van der Waals surface area contributed by atoms with E-state index in [0.717, 1.165) is 13.0 Å². The minimum Gasteiger partial charge on any atom is -0.369 e. The first-order valence-corrected chi connectivity index (χ1v) is 4.68. The number of benzene rings is 1. The van der Waals surface area contributed by atoms with Crippen molar-refractivity contribution in [2.45, 2.75) is 19.4 Å². The molecule has 1 heterocycles. The van der Waals surface area contributed by atoms with Crippen molar-refractivity contribution >= 4 is 0 Å². The fourth-order valence-electron chi connectivity index (χ4n) is 1.57. The summed E-state index contributed by atoms with van der Waals surface area (Å²) in [5.74, 6) is 0. The van der Waals surface area contributed by atoms with E-state index in [0.29, 0.717) is 0 Å². The van der Waals surface area contributed by atoms with Crippen LogP contribution >= 0.6 is 0 Å². The van der Waals surface area contributed by atoms with Gasteiger partial charge < -0.3 is 4.74 Å². The fraction of sp³-hybridized carbons (Fsp3) is 0.333. The predicted octanol–water partition coefficient (Wildman–Crippen LogP) is 3.09. The smallest absolute Gasteiger partial charge is 0.0863 e. The van der Waals surface area contributed by atoms with Gasteiger partial charge in [-0.05, 0) is 18.9 Å². The van der Waals surface area contributed by atoms with Gasteiger partial charge in [0.05, 0.1) is 12.7 Å². The maximum Gasteiger partial charge on any atom is 0.0863 e. The summed E-state index contributed by atoms with van der Waals surface area (Å²) in [5.41, 5.74) is 2.62. The summed E-state index contributed by atoms with van der Waals surface area (Å²) < 4.78 is 5.71. The van der Waals surface area contributed by atoms with Gasteiger partial charge in [-0.3, -0.25) is 0 Å². The summed E-state index contributed by atoms with van der Waals surface area (Å²) in [6.45, 7) is 2.89. The van der Waals surface area contributed by atoms with Crippen LogP contribution < -0.4 is 0 Å². The number of hydrogen-bond donors (Lipinski definition) is 0. The first kappa shape index (κ1) is 8.52. The lowest BCUT2D eigenvalue weighted by Gasteiger charge is -2.21. The number of rotatable bonds is 1. The number of hydrogen-bond acceptors (Lipinski definition) is 1. The standard InChI is InChI=1S/C12H14O/c1-10-7-8-12(13-9-10)11-5-3-2-4-6-11/h2-7,12H,8-9H2,1H3. The third-order valence-electron chi connectivity index (χ3n) is 2.36. The molecule has 1 aromatic carbocycles. The van der Waals surface area contributed by atoms with Crippen LogP contribution in [0, 0.1) is 0 Å². The van der Waals surface area contributed by atoms with E-state index in [1.54, 1.807) is 0 Å². The molecule has 0 saturated carbocycles. The van der Waals surface area contributed by atoms with Gasteiger partial charge in [0.25, 0.3) is 0 Å². The molecule has 0 spiro atoms. The SMILES string of the molecule is CC1=CCC(c2ccccc2)OC1. The zero-order chi connectivity index (χ0) is 9.10. The van der Waals surface area contributed by atoms with Crippen molar-refractivity contribution in [2.75, 3.05) is 6.61 Å². The Bertz CT molecular complexity index is 300. The maximum atomic E-state index is 5.71. The predicted molar refractivity (Wildman–Crippen MR) is 53.5 cm³/mol. The molecule has 0 aliphatic carbocycles. The van der Waals surface area contributed by atoms with E-state index in [-0.39, 0.29) is 6.10 Å². The molecule has 1 heteroatoms. The Balaban J connectivity index is 2.12. The van der Waals surface area contributed by atoms with Gasteiger partial charge in [-0.2, -0.15) is 0 Å². The molecule has 1 aromatic rings. The fourth-order valence-corrected chi connectivity index (χ4v) is 1.57. The molecular weight excluding hydrogens is 160 g/mol. The lowest BCUT2D eigenvalue weighted by atomic mass is 10.0. The topological polar surface area (TPSA) is 9.23 Å². The van der Waals surface area contributed by atoms with Gasteiger partial charge in [-0.25, -0.2) is 0 Å². The van der Waals surface area contributed by atoms with Gasteiger partial charge >= 0.3 is 0 Å². The van der Waals surface area contributed by atoms with Gasteiger partial charge in [0.15, 0.2) is 0 Å². The summed E-state index contributed by atoms with van der Waals surface area (Å²) in [7, 11) is 0. The first-order valence-electron chi connectivity index (χ1n) is 4.68. The molecule has 13 heavy (non-hydrogen) atoms.